The van der Waals surface area contributed by atoms with E-state index < -0.39 is 10.0 Å². The van der Waals surface area contributed by atoms with Crippen molar-refractivity contribution in [3.63, 3.8) is 0 Å². The minimum Gasteiger partial charge on any atom is -0.473 e. The van der Waals surface area contributed by atoms with Gasteiger partial charge in [0.25, 0.3) is 5.91 Å². The van der Waals surface area contributed by atoms with E-state index in [2.05, 4.69) is 10.3 Å². The van der Waals surface area contributed by atoms with Crippen molar-refractivity contribution in [2.24, 2.45) is 5.14 Å². The van der Waals surface area contributed by atoms with Gasteiger partial charge in [-0.3, -0.25) is 4.79 Å². The Labute approximate surface area is 150 Å². The number of benzene rings is 1. The van der Waals surface area contributed by atoms with Crippen molar-refractivity contribution in [1.29, 1.82) is 0 Å². The highest BCUT2D eigenvalue weighted by Gasteiger charge is 2.21. The number of anilines is 1. The van der Waals surface area contributed by atoms with E-state index in [1.54, 1.807) is 18.3 Å². The highest BCUT2D eigenvalue weighted by atomic mass is 32.2. The lowest BCUT2D eigenvalue weighted by Crippen LogP contribution is -2.20. The number of nitrogens with one attached hydrogen (secondary N) is 1. The third-order valence-electron chi connectivity index (χ3n) is 3.62. The molecule has 9 heteroatoms. The van der Waals surface area contributed by atoms with Crippen LogP contribution >= 0.6 is 11.8 Å². The van der Waals surface area contributed by atoms with Crippen LogP contribution in [0.15, 0.2) is 47.5 Å². The van der Waals surface area contributed by atoms with Gasteiger partial charge in [-0.2, -0.15) is 11.8 Å². The maximum absolute atomic E-state index is 12.5. The van der Waals surface area contributed by atoms with Gasteiger partial charge in [-0.1, -0.05) is 0 Å². The molecule has 1 aromatic carbocycles. The smallest absolute Gasteiger partial charge is 0.261 e. The van der Waals surface area contributed by atoms with E-state index in [1.807, 2.05) is 11.8 Å². The molecule has 1 aromatic heterocycles. The Morgan fingerprint density at radius 1 is 1.28 bits per heavy atom. The number of pyridine rings is 1. The number of nitrogens with two attached hydrogens (primary N) is 1. The lowest BCUT2D eigenvalue weighted by molar-refractivity contribution is 0.101. The first-order valence-electron chi connectivity index (χ1n) is 7.57. The van der Waals surface area contributed by atoms with Crippen molar-refractivity contribution in [2.45, 2.75) is 17.4 Å². The minimum absolute atomic E-state index is 0.0189. The van der Waals surface area contributed by atoms with Crippen LogP contribution in [0.25, 0.3) is 0 Å². The van der Waals surface area contributed by atoms with Crippen LogP contribution in [0.1, 0.15) is 16.8 Å². The van der Waals surface area contributed by atoms with Crippen LogP contribution < -0.4 is 15.2 Å². The number of sulfonamides is 1. The van der Waals surface area contributed by atoms with Crippen LogP contribution in [-0.2, 0) is 10.0 Å². The van der Waals surface area contributed by atoms with Gasteiger partial charge >= 0.3 is 0 Å². The molecule has 1 saturated heterocycles. The molecule has 0 unspecified atom stereocenters. The summed E-state index contributed by atoms with van der Waals surface area (Å²) in [5, 5.41) is 7.76. The second kappa shape index (κ2) is 7.42. The molecule has 1 amide bonds. The molecule has 2 aromatic rings. The van der Waals surface area contributed by atoms with Crippen molar-refractivity contribution in [3.8, 4) is 5.88 Å². The monoisotopic (exact) mass is 379 g/mol. The maximum atomic E-state index is 12.5. The number of rotatable bonds is 5. The van der Waals surface area contributed by atoms with Crippen molar-refractivity contribution in [1.82, 2.24) is 4.98 Å². The van der Waals surface area contributed by atoms with Crippen molar-refractivity contribution in [2.75, 3.05) is 16.8 Å². The van der Waals surface area contributed by atoms with Crippen LogP contribution in [0.5, 0.6) is 5.88 Å². The molecule has 3 N–H and O–H groups in total. The molecule has 0 bridgehead atoms. The molecule has 1 atom stereocenters. The largest absolute Gasteiger partial charge is 0.473 e. The van der Waals surface area contributed by atoms with Gasteiger partial charge in [0.05, 0.1) is 4.90 Å². The number of hydrogen-bond acceptors (Lipinski definition) is 6. The van der Waals surface area contributed by atoms with E-state index in [-0.39, 0.29) is 16.9 Å². The van der Waals surface area contributed by atoms with Crippen molar-refractivity contribution >= 4 is 33.4 Å². The number of primary sulfonamides is 1. The molecule has 1 fully saturated rings. The van der Waals surface area contributed by atoms with Gasteiger partial charge in [0.2, 0.25) is 15.9 Å². The summed E-state index contributed by atoms with van der Waals surface area (Å²) in [6, 6.07) is 8.92. The topological polar surface area (TPSA) is 111 Å². The molecule has 1 aliphatic heterocycles. The molecule has 2 heterocycles. The first-order chi connectivity index (χ1) is 11.9. The molecule has 0 aliphatic carbocycles. The molecule has 0 radical (unpaired) electrons. The van der Waals surface area contributed by atoms with Gasteiger partial charge < -0.3 is 10.1 Å². The van der Waals surface area contributed by atoms with E-state index >= 15 is 0 Å². The number of hydrogen-bond donors (Lipinski definition) is 2. The fourth-order valence-corrected chi connectivity index (χ4v) is 3.96. The average Bonchev–Trinajstić information content (AvgIpc) is 3.08. The molecule has 0 spiro atoms. The molecular weight excluding hydrogens is 362 g/mol. The van der Waals surface area contributed by atoms with E-state index in [9.17, 15) is 13.2 Å². The van der Waals surface area contributed by atoms with Crippen LogP contribution in [0.2, 0.25) is 0 Å². The van der Waals surface area contributed by atoms with E-state index in [4.69, 9.17) is 9.88 Å². The van der Waals surface area contributed by atoms with Gasteiger partial charge in [0.1, 0.15) is 11.7 Å². The predicted octanol–water partition coefficient (Wildman–Crippen LogP) is 1.87. The molecule has 25 heavy (non-hydrogen) atoms. The Hall–Kier alpha value is -2.10. The highest BCUT2D eigenvalue weighted by molar-refractivity contribution is 7.99. The third kappa shape index (κ3) is 4.50. The van der Waals surface area contributed by atoms with Gasteiger partial charge in [-0.05, 0) is 48.6 Å². The van der Waals surface area contributed by atoms with Gasteiger partial charge in [-0.25, -0.2) is 18.5 Å². The standard InChI is InChI=1S/C16H17N3O4S2/c17-25(21,22)13-5-3-11(4-6-13)19-15(20)14-2-1-8-18-16(14)23-12-7-9-24-10-12/h1-6,8,12H,7,9-10H2,(H,19,20)(H2,17,21,22)/t12-/m1/s1. The van der Waals surface area contributed by atoms with Crippen LogP contribution in [0.4, 0.5) is 5.69 Å². The summed E-state index contributed by atoms with van der Waals surface area (Å²) in [5.74, 6) is 1.84. The number of carbonyl (C=O) groups excluding carboxylic acids is 1. The number of carbonyl (C=O) groups is 1. The lowest BCUT2D eigenvalue weighted by Gasteiger charge is -2.14. The molecule has 132 valence electrons. The van der Waals surface area contributed by atoms with E-state index in [0.29, 0.717) is 17.1 Å². The zero-order valence-corrected chi connectivity index (χ0v) is 14.8. The molecule has 0 saturated carbocycles. The summed E-state index contributed by atoms with van der Waals surface area (Å²) in [5.41, 5.74) is 0.776. The Morgan fingerprint density at radius 3 is 2.68 bits per heavy atom. The number of ether oxygens (including phenoxy) is 1. The Kier molecular flexibility index (Phi) is 5.26. The summed E-state index contributed by atoms with van der Waals surface area (Å²) in [4.78, 5) is 16.7. The number of aromatic nitrogens is 1. The van der Waals surface area contributed by atoms with Crippen molar-refractivity contribution < 1.29 is 17.9 Å². The second-order valence-corrected chi connectivity index (χ2v) is 8.19. The summed E-state index contributed by atoms with van der Waals surface area (Å²) in [7, 11) is -3.77. The first kappa shape index (κ1) is 17.7. The van der Waals surface area contributed by atoms with Gasteiger partial charge in [0.15, 0.2) is 0 Å². The van der Waals surface area contributed by atoms with E-state index in [1.165, 1.54) is 24.3 Å². The Balaban J connectivity index is 1.75. The number of thioether (sulfide) groups is 1. The normalized spacial score (nSPS) is 17.2. The van der Waals surface area contributed by atoms with Crippen LogP contribution in [-0.4, -0.2) is 36.9 Å². The van der Waals surface area contributed by atoms with E-state index in [0.717, 1.165) is 17.9 Å². The van der Waals surface area contributed by atoms with Crippen LogP contribution in [0.3, 0.4) is 0 Å². The average molecular weight is 379 g/mol. The maximum Gasteiger partial charge on any atom is 0.261 e. The zero-order valence-electron chi connectivity index (χ0n) is 13.2. The zero-order chi connectivity index (χ0) is 17.9. The molecule has 7 nitrogen and oxygen atoms in total. The quantitative estimate of drug-likeness (QED) is 0.820. The lowest BCUT2D eigenvalue weighted by atomic mass is 10.2. The summed E-state index contributed by atoms with van der Waals surface area (Å²) >= 11 is 1.81. The molecular formula is C16H17N3O4S2. The molecule has 3 rings (SSSR count). The van der Waals surface area contributed by atoms with Gasteiger partial charge in [0, 0.05) is 17.6 Å². The highest BCUT2D eigenvalue weighted by Crippen LogP contribution is 2.25. The Bertz CT molecular complexity index is 863. The fraction of sp³-hybridized carbons (Fsp3) is 0.250. The number of nitrogens with zero attached hydrogens (tertiary/aromatic N) is 1. The van der Waals surface area contributed by atoms with Crippen molar-refractivity contribution in [3.05, 3.63) is 48.2 Å². The predicted molar refractivity (Wildman–Crippen MR) is 96.4 cm³/mol. The Morgan fingerprint density at radius 2 is 2.04 bits per heavy atom. The van der Waals surface area contributed by atoms with Gasteiger partial charge in [-0.15, -0.1) is 0 Å². The summed E-state index contributed by atoms with van der Waals surface area (Å²) < 4.78 is 28.4. The summed E-state index contributed by atoms with van der Waals surface area (Å²) in [6.45, 7) is 0. The minimum atomic E-state index is -3.77. The number of amides is 1. The summed E-state index contributed by atoms with van der Waals surface area (Å²) in [6.07, 6.45) is 2.56. The first-order valence-corrected chi connectivity index (χ1v) is 10.3. The van der Waals surface area contributed by atoms with Crippen LogP contribution in [0, 0.1) is 0 Å². The SMILES string of the molecule is NS(=O)(=O)c1ccc(NC(=O)c2cccnc2O[C@@H]2CCSC2)cc1. The second-order valence-electron chi connectivity index (χ2n) is 5.48. The molecule has 1 aliphatic rings. The third-order valence-corrected chi connectivity index (χ3v) is 5.68. The fourth-order valence-electron chi connectivity index (χ4n) is 2.35.